The minimum Gasteiger partial charge on any atom is -0.480 e. The van der Waals surface area contributed by atoms with Crippen molar-refractivity contribution in [2.45, 2.75) is 19.9 Å². The van der Waals surface area contributed by atoms with Crippen molar-refractivity contribution in [3.05, 3.63) is 35.4 Å². The molecule has 0 heterocycles. The molecular formula is C12H17NO2. The maximum Gasteiger partial charge on any atom is 0.317 e. The van der Waals surface area contributed by atoms with E-state index in [4.69, 9.17) is 5.11 Å². The lowest BCUT2D eigenvalue weighted by molar-refractivity contribution is -0.138. The molecule has 0 fully saturated rings. The molecule has 1 N–H and O–H groups in total. The number of benzene rings is 1. The van der Waals surface area contributed by atoms with Crippen molar-refractivity contribution in [3.8, 4) is 0 Å². The van der Waals surface area contributed by atoms with Gasteiger partial charge in [0.2, 0.25) is 0 Å². The van der Waals surface area contributed by atoms with Crippen LogP contribution in [0.5, 0.6) is 0 Å². The third kappa shape index (κ3) is 3.36. The molecule has 0 saturated heterocycles. The lowest BCUT2D eigenvalue weighted by atomic mass is 10.1. The van der Waals surface area contributed by atoms with Gasteiger partial charge in [-0.2, -0.15) is 0 Å². The number of carboxylic acids is 1. The lowest BCUT2D eigenvalue weighted by Gasteiger charge is -2.23. The summed E-state index contributed by atoms with van der Waals surface area (Å²) in [6.07, 6.45) is 0. The van der Waals surface area contributed by atoms with Crippen LogP contribution < -0.4 is 0 Å². The first-order chi connectivity index (χ1) is 7.00. The second kappa shape index (κ2) is 4.94. The zero-order valence-electron chi connectivity index (χ0n) is 9.40. The van der Waals surface area contributed by atoms with Gasteiger partial charge < -0.3 is 5.11 Å². The molecule has 1 unspecified atom stereocenters. The van der Waals surface area contributed by atoms with E-state index in [0.717, 1.165) is 5.56 Å². The number of aryl methyl sites for hydroxylation is 1. The van der Waals surface area contributed by atoms with E-state index >= 15 is 0 Å². The first kappa shape index (κ1) is 11.7. The van der Waals surface area contributed by atoms with E-state index < -0.39 is 5.97 Å². The number of nitrogens with zero attached hydrogens (tertiary/aromatic N) is 1. The predicted molar refractivity (Wildman–Crippen MR) is 59.9 cm³/mol. The summed E-state index contributed by atoms with van der Waals surface area (Å²) in [7, 11) is 1.82. The number of carbonyl (C=O) groups is 1. The monoisotopic (exact) mass is 207 g/mol. The summed E-state index contributed by atoms with van der Waals surface area (Å²) in [5.74, 6) is -0.794. The molecule has 0 aromatic heterocycles. The molecule has 0 aliphatic heterocycles. The summed E-state index contributed by atoms with van der Waals surface area (Å²) in [5, 5.41) is 8.69. The highest BCUT2D eigenvalue weighted by atomic mass is 16.4. The fourth-order valence-electron chi connectivity index (χ4n) is 1.53. The quantitative estimate of drug-likeness (QED) is 0.821. The molecule has 3 heteroatoms. The molecule has 1 aromatic rings. The highest BCUT2D eigenvalue weighted by Gasteiger charge is 2.13. The third-order valence-corrected chi connectivity index (χ3v) is 2.57. The Bertz CT molecular complexity index is 349. The highest BCUT2D eigenvalue weighted by Crippen LogP contribution is 2.18. The van der Waals surface area contributed by atoms with Crippen molar-refractivity contribution in [2.75, 3.05) is 13.6 Å². The Morgan fingerprint density at radius 2 is 2.20 bits per heavy atom. The smallest absolute Gasteiger partial charge is 0.317 e. The number of hydrogen-bond donors (Lipinski definition) is 1. The summed E-state index contributed by atoms with van der Waals surface area (Å²) in [6, 6.07) is 8.27. The van der Waals surface area contributed by atoms with Gasteiger partial charge in [-0.1, -0.05) is 29.8 Å². The molecule has 0 aliphatic rings. The molecule has 3 nitrogen and oxygen atoms in total. The number of carboxylic acid groups (broad SMARTS) is 1. The molecule has 0 amide bonds. The van der Waals surface area contributed by atoms with E-state index in [9.17, 15) is 4.79 Å². The van der Waals surface area contributed by atoms with Gasteiger partial charge in [-0.05, 0) is 26.5 Å². The van der Waals surface area contributed by atoms with Gasteiger partial charge in [0, 0.05) is 6.04 Å². The fraction of sp³-hybridized carbons (Fsp3) is 0.417. The summed E-state index contributed by atoms with van der Waals surface area (Å²) in [6.45, 7) is 4.11. The van der Waals surface area contributed by atoms with Gasteiger partial charge in [-0.3, -0.25) is 9.69 Å². The Kier molecular flexibility index (Phi) is 3.86. The summed E-state index contributed by atoms with van der Waals surface area (Å²) < 4.78 is 0. The standard InChI is InChI=1S/C12H17NO2/c1-9-5-4-6-11(7-9)10(2)13(3)8-12(14)15/h4-7,10H,8H2,1-3H3,(H,14,15). The Morgan fingerprint density at radius 1 is 1.53 bits per heavy atom. The first-order valence-electron chi connectivity index (χ1n) is 4.99. The second-order valence-electron chi connectivity index (χ2n) is 3.90. The zero-order chi connectivity index (χ0) is 11.4. The number of rotatable bonds is 4. The normalized spacial score (nSPS) is 12.8. The van der Waals surface area contributed by atoms with Crippen LogP contribution >= 0.6 is 0 Å². The second-order valence-corrected chi connectivity index (χ2v) is 3.90. The van der Waals surface area contributed by atoms with Crippen molar-refractivity contribution in [1.29, 1.82) is 0 Å². The van der Waals surface area contributed by atoms with Gasteiger partial charge in [-0.15, -0.1) is 0 Å². The van der Waals surface area contributed by atoms with E-state index in [1.54, 1.807) is 0 Å². The molecule has 1 atom stereocenters. The van der Waals surface area contributed by atoms with Crippen LogP contribution in [0.25, 0.3) is 0 Å². The summed E-state index contributed by atoms with van der Waals surface area (Å²) in [5.41, 5.74) is 2.35. The van der Waals surface area contributed by atoms with E-state index in [2.05, 4.69) is 6.07 Å². The molecule has 82 valence electrons. The van der Waals surface area contributed by atoms with Crippen molar-refractivity contribution in [2.24, 2.45) is 0 Å². The van der Waals surface area contributed by atoms with Gasteiger partial charge in [0.25, 0.3) is 0 Å². The van der Waals surface area contributed by atoms with Crippen molar-refractivity contribution in [3.63, 3.8) is 0 Å². The van der Waals surface area contributed by atoms with Crippen molar-refractivity contribution < 1.29 is 9.90 Å². The molecule has 0 radical (unpaired) electrons. The van der Waals surface area contributed by atoms with Crippen molar-refractivity contribution >= 4 is 5.97 Å². The molecular weight excluding hydrogens is 190 g/mol. The molecule has 1 aromatic carbocycles. The van der Waals surface area contributed by atoms with E-state index in [-0.39, 0.29) is 12.6 Å². The van der Waals surface area contributed by atoms with E-state index in [1.165, 1.54) is 5.56 Å². The van der Waals surface area contributed by atoms with Gasteiger partial charge in [0.15, 0.2) is 0 Å². The van der Waals surface area contributed by atoms with Crippen LogP contribution in [0.15, 0.2) is 24.3 Å². The largest absolute Gasteiger partial charge is 0.480 e. The molecule has 1 rings (SSSR count). The molecule has 15 heavy (non-hydrogen) atoms. The summed E-state index contributed by atoms with van der Waals surface area (Å²) >= 11 is 0. The number of likely N-dealkylation sites (N-methyl/N-ethyl adjacent to an activating group) is 1. The maximum absolute atomic E-state index is 10.6. The lowest BCUT2D eigenvalue weighted by Crippen LogP contribution is -2.28. The molecule has 0 saturated carbocycles. The Labute approximate surface area is 90.3 Å². The fourth-order valence-corrected chi connectivity index (χ4v) is 1.53. The zero-order valence-corrected chi connectivity index (χ0v) is 9.40. The molecule has 0 bridgehead atoms. The van der Waals surface area contributed by atoms with E-state index in [0.29, 0.717) is 0 Å². The Morgan fingerprint density at radius 3 is 2.73 bits per heavy atom. The van der Waals surface area contributed by atoms with Gasteiger partial charge >= 0.3 is 5.97 Å². The van der Waals surface area contributed by atoms with Crippen LogP contribution in [0.1, 0.15) is 24.1 Å². The average Bonchev–Trinajstić information content (AvgIpc) is 2.15. The third-order valence-electron chi connectivity index (χ3n) is 2.57. The van der Waals surface area contributed by atoms with Crippen molar-refractivity contribution in [1.82, 2.24) is 4.90 Å². The van der Waals surface area contributed by atoms with Gasteiger partial charge in [0.1, 0.15) is 0 Å². The minimum absolute atomic E-state index is 0.0646. The number of hydrogen-bond acceptors (Lipinski definition) is 2. The first-order valence-corrected chi connectivity index (χ1v) is 4.99. The van der Waals surface area contributed by atoms with E-state index in [1.807, 2.05) is 44.0 Å². The highest BCUT2D eigenvalue weighted by molar-refractivity contribution is 5.69. The topological polar surface area (TPSA) is 40.5 Å². The molecule has 0 aliphatic carbocycles. The Balaban J connectivity index is 2.75. The number of aliphatic carboxylic acids is 1. The average molecular weight is 207 g/mol. The van der Waals surface area contributed by atoms with Crippen LogP contribution in [0.4, 0.5) is 0 Å². The maximum atomic E-state index is 10.6. The minimum atomic E-state index is -0.794. The van der Waals surface area contributed by atoms with Crippen LogP contribution in [0.3, 0.4) is 0 Å². The van der Waals surface area contributed by atoms with Crippen LogP contribution in [0.2, 0.25) is 0 Å². The summed E-state index contributed by atoms with van der Waals surface area (Å²) in [4.78, 5) is 12.4. The van der Waals surface area contributed by atoms with Crippen LogP contribution in [-0.4, -0.2) is 29.6 Å². The van der Waals surface area contributed by atoms with Crippen LogP contribution in [0, 0.1) is 6.92 Å². The van der Waals surface area contributed by atoms with Gasteiger partial charge in [-0.25, -0.2) is 0 Å². The Hall–Kier alpha value is -1.35. The predicted octanol–water partition coefficient (Wildman–Crippen LogP) is 2.07. The van der Waals surface area contributed by atoms with Crippen LogP contribution in [-0.2, 0) is 4.79 Å². The van der Waals surface area contributed by atoms with Gasteiger partial charge in [0.05, 0.1) is 6.54 Å². The molecule has 0 spiro atoms. The SMILES string of the molecule is Cc1cccc(C(C)N(C)CC(=O)O)c1.